The van der Waals surface area contributed by atoms with Crippen LogP contribution in [0.4, 0.5) is 0 Å². The van der Waals surface area contributed by atoms with Gasteiger partial charge in [-0.15, -0.1) is 0 Å². The number of phenols is 4. The van der Waals surface area contributed by atoms with E-state index in [1.54, 1.807) is 0 Å². The Morgan fingerprint density at radius 3 is 2.06 bits per heavy atom. The maximum atomic E-state index is 13.4. The number of phenolic OH excluding ortho intramolecular Hbond substituents is 3. The molecule has 0 bridgehead atoms. The summed E-state index contributed by atoms with van der Waals surface area (Å²) in [7, 11) is 0. The van der Waals surface area contributed by atoms with Crippen LogP contribution in [0, 0.1) is 6.92 Å². The van der Waals surface area contributed by atoms with Crippen molar-refractivity contribution < 1.29 is 65.1 Å². The fraction of sp³-hybridized carbons (Fsp3) is 0.318. The summed E-state index contributed by atoms with van der Waals surface area (Å²) in [6.07, 6.45) is -9.12. The lowest BCUT2D eigenvalue weighted by molar-refractivity contribution is -0.232. The van der Waals surface area contributed by atoms with E-state index in [1.807, 2.05) is 0 Å². The highest BCUT2D eigenvalue weighted by molar-refractivity contribution is 6.31. The quantitative estimate of drug-likeness (QED) is 0.154. The van der Waals surface area contributed by atoms with Crippen molar-refractivity contribution in [2.75, 3.05) is 6.61 Å². The van der Waals surface area contributed by atoms with Crippen LogP contribution in [0.3, 0.4) is 0 Å². The molecule has 35 heavy (non-hydrogen) atoms. The Morgan fingerprint density at radius 1 is 0.886 bits per heavy atom. The van der Waals surface area contributed by atoms with E-state index in [1.165, 1.54) is 0 Å². The third kappa shape index (κ3) is 3.25. The lowest BCUT2D eigenvalue weighted by Crippen LogP contribution is -2.55. The van der Waals surface area contributed by atoms with E-state index < -0.39 is 111 Å². The fourth-order valence-corrected chi connectivity index (χ4v) is 4.58. The summed E-state index contributed by atoms with van der Waals surface area (Å²) in [5, 5.41) is 91.5. The minimum absolute atomic E-state index is 0.308. The highest BCUT2D eigenvalue weighted by atomic mass is 16.5. The first-order valence-corrected chi connectivity index (χ1v) is 10.2. The number of carboxylic acid groups (broad SMARTS) is 1. The second-order valence-electron chi connectivity index (χ2n) is 8.24. The Morgan fingerprint density at radius 2 is 1.49 bits per heavy atom. The number of aromatic carboxylic acids is 1. The van der Waals surface area contributed by atoms with Gasteiger partial charge in [-0.25, -0.2) is 4.79 Å². The number of fused-ring (bicyclic) bond motifs is 2. The number of ether oxygens (including phenoxy) is 1. The summed E-state index contributed by atoms with van der Waals surface area (Å²) in [5.74, 6) is -8.24. The zero-order chi connectivity index (χ0) is 26.1. The Kier molecular flexibility index (Phi) is 5.70. The fourth-order valence-electron chi connectivity index (χ4n) is 4.58. The van der Waals surface area contributed by atoms with Crippen molar-refractivity contribution in [3.8, 4) is 23.0 Å². The molecule has 0 saturated carbocycles. The van der Waals surface area contributed by atoms with Gasteiger partial charge < -0.3 is 50.7 Å². The third-order valence-corrected chi connectivity index (χ3v) is 6.33. The maximum Gasteiger partial charge on any atom is 0.339 e. The predicted octanol–water partition coefficient (Wildman–Crippen LogP) is -1.19. The van der Waals surface area contributed by atoms with Gasteiger partial charge in [0.05, 0.1) is 23.3 Å². The van der Waals surface area contributed by atoms with E-state index in [0.717, 1.165) is 6.92 Å². The van der Waals surface area contributed by atoms with Crippen LogP contribution in [-0.4, -0.2) is 94.5 Å². The summed E-state index contributed by atoms with van der Waals surface area (Å²) in [6.45, 7) is 0.291. The first-order valence-electron chi connectivity index (χ1n) is 10.2. The van der Waals surface area contributed by atoms with Gasteiger partial charge in [0.1, 0.15) is 47.6 Å². The van der Waals surface area contributed by atoms with Gasteiger partial charge in [-0.05, 0) is 18.6 Å². The standard InChI is InChI=1S/C22H20O13/c1-4-8-5(2-6(24)9(4)22(33)34)13(25)10-11(15(8)27)16(28)12(18(30)17(10)29)21-20(32)19(31)14(26)7(3-23)35-21/h2,7,14,19-21,23-24,26,28-32H,3H2,1H3,(H,33,34)/t7?,14?,19-,20?,21-/m1/s1. The van der Waals surface area contributed by atoms with Crippen LogP contribution >= 0.6 is 0 Å². The zero-order valence-electron chi connectivity index (χ0n) is 17.8. The molecule has 0 spiro atoms. The molecular formula is C22H20O13. The molecular weight excluding hydrogens is 472 g/mol. The molecule has 0 amide bonds. The van der Waals surface area contributed by atoms with Gasteiger partial charge in [-0.3, -0.25) is 9.59 Å². The lowest BCUT2D eigenvalue weighted by Gasteiger charge is -2.40. The summed E-state index contributed by atoms with van der Waals surface area (Å²) < 4.78 is 5.30. The Labute approximate surface area is 195 Å². The van der Waals surface area contributed by atoms with E-state index in [9.17, 15) is 60.3 Å². The molecule has 1 saturated heterocycles. The lowest BCUT2D eigenvalue weighted by atomic mass is 9.77. The van der Waals surface area contributed by atoms with Crippen LogP contribution in [0.2, 0.25) is 0 Å². The van der Waals surface area contributed by atoms with Gasteiger partial charge >= 0.3 is 5.97 Å². The Bertz CT molecular complexity index is 1300. The molecule has 4 rings (SSSR count). The molecule has 1 aliphatic heterocycles. The molecule has 1 aliphatic carbocycles. The number of ketones is 2. The number of aliphatic hydroxyl groups excluding tert-OH is 4. The number of carbonyl (C=O) groups is 3. The molecule has 3 unspecified atom stereocenters. The Hall–Kier alpha value is -3.75. The summed E-state index contributed by atoms with van der Waals surface area (Å²) >= 11 is 0. The molecule has 186 valence electrons. The van der Waals surface area contributed by atoms with Crippen molar-refractivity contribution in [2.24, 2.45) is 0 Å². The van der Waals surface area contributed by atoms with Crippen molar-refractivity contribution in [3.63, 3.8) is 0 Å². The highest BCUT2D eigenvalue weighted by Crippen LogP contribution is 2.52. The third-order valence-electron chi connectivity index (χ3n) is 6.33. The molecule has 2 aromatic rings. The number of hydrogen-bond donors (Lipinski definition) is 9. The molecule has 0 radical (unpaired) electrons. The van der Waals surface area contributed by atoms with E-state index in [4.69, 9.17) is 4.74 Å². The van der Waals surface area contributed by atoms with E-state index in [2.05, 4.69) is 0 Å². The summed E-state index contributed by atoms with van der Waals surface area (Å²) in [5.41, 5.74) is -4.49. The number of carbonyl (C=O) groups excluding carboxylic acids is 2. The molecule has 9 N–H and O–H groups in total. The van der Waals surface area contributed by atoms with Crippen LogP contribution in [0.1, 0.15) is 59.4 Å². The van der Waals surface area contributed by atoms with Crippen molar-refractivity contribution in [1.29, 1.82) is 0 Å². The molecule has 1 heterocycles. The van der Waals surface area contributed by atoms with Crippen LogP contribution in [0.25, 0.3) is 0 Å². The first kappa shape index (κ1) is 24.4. The summed E-state index contributed by atoms with van der Waals surface area (Å²) in [4.78, 5) is 38.1. The first-order chi connectivity index (χ1) is 16.3. The van der Waals surface area contributed by atoms with Crippen LogP contribution in [0.5, 0.6) is 23.0 Å². The van der Waals surface area contributed by atoms with Crippen molar-refractivity contribution >= 4 is 17.5 Å². The average molecular weight is 492 g/mol. The largest absolute Gasteiger partial charge is 0.507 e. The molecule has 2 aliphatic rings. The van der Waals surface area contributed by atoms with Gasteiger partial charge in [0.2, 0.25) is 0 Å². The molecule has 13 heteroatoms. The topological polar surface area (TPSA) is 243 Å². The second kappa shape index (κ2) is 8.18. The monoisotopic (exact) mass is 492 g/mol. The molecule has 1 fully saturated rings. The van der Waals surface area contributed by atoms with Crippen LogP contribution in [0.15, 0.2) is 6.07 Å². The van der Waals surface area contributed by atoms with Crippen molar-refractivity contribution in [2.45, 2.75) is 37.4 Å². The molecule has 0 aromatic heterocycles. The van der Waals surface area contributed by atoms with Crippen molar-refractivity contribution in [1.82, 2.24) is 0 Å². The number of aliphatic hydroxyl groups is 4. The van der Waals surface area contributed by atoms with Gasteiger partial charge in [0.25, 0.3) is 0 Å². The second-order valence-corrected chi connectivity index (χ2v) is 8.24. The zero-order valence-corrected chi connectivity index (χ0v) is 17.8. The van der Waals surface area contributed by atoms with Crippen molar-refractivity contribution in [3.05, 3.63) is 45.0 Å². The molecule has 13 nitrogen and oxygen atoms in total. The highest BCUT2D eigenvalue weighted by Gasteiger charge is 2.48. The molecule has 2 aromatic carbocycles. The minimum Gasteiger partial charge on any atom is -0.507 e. The number of rotatable bonds is 3. The summed E-state index contributed by atoms with van der Waals surface area (Å²) in [6, 6.07) is 0.716. The van der Waals surface area contributed by atoms with E-state index in [-0.39, 0.29) is 5.56 Å². The van der Waals surface area contributed by atoms with Gasteiger partial charge in [0.15, 0.2) is 23.1 Å². The maximum absolute atomic E-state index is 13.4. The smallest absolute Gasteiger partial charge is 0.339 e. The predicted molar refractivity (Wildman–Crippen MR) is 111 cm³/mol. The van der Waals surface area contributed by atoms with Crippen LogP contribution < -0.4 is 0 Å². The average Bonchev–Trinajstić information content (AvgIpc) is 2.79. The normalized spacial score (nSPS) is 25.8. The van der Waals surface area contributed by atoms with Crippen LogP contribution in [-0.2, 0) is 4.74 Å². The van der Waals surface area contributed by atoms with Gasteiger partial charge in [-0.2, -0.15) is 0 Å². The number of carboxylic acids is 1. The number of aromatic hydroxyl groups is 4. The van der Waals surface area contributed by atoms with Gasteiger partial charge in [-0.1, -0.05) is 0 Å². The molecule has 5 atom stereocenters. The van der Waals surface area contributed by atoms with Gasteiger partial charge in [0, 0.05) is 11.1 Å². The Balaban J connectivity index is 1.99. The van der Waals surface area contributed by atoms with E-state index >= 15 is 0 Å². The van der Waals surface area contributed by atoms with E-state index in [0.29, 0.717) is 6.07 Å². The SMILES string of the molecule is Cc1c(C(=O)O)c(O)cc2c1C(=O)c1c(O)c([C@H]3OC(CO)C(O)[C@@H](O)C3O)c(O)c(O)c1C2=O. The number of hydrogen-bond acceptors (Lipinski definition) is 12. The number of benzene rings is 2. The minimum atomic E-state index is -2.03.